The number of hydrogen-bond donors (Lipinski definition) is 0. The minimum atomic E-state index is -0.0368. The van der Waals surface area contributed by atoms with Crippen LogP contribution in [0.1, 0.15) is 25.8 Å². The molecule has 2 aromatic heterocycles. The molecule has 0 aliphatic rings. The monoisotopic (exact) mass is 673 g/mol. The number of nitrogens with zero attached hydrogens (tertiary/aromatic N) is 3. The Balaban J connectivity index is 1.34. The lowest BCUT2D eigenvalue weighted by Gasteiger charge is -2.19. The molecule has 2 heterocycles. The van der Waals surface area contributed by atoms with E-state index in [4.69, 9.17) is 15.0 Å². The Morgan fingerprint density at radius 1 is 0.451 bits per heavy atom. The highest BCUT2D eigenvalue weighted by molar-refractivity contribution is 7.18. The normalized spacial score (nSPS) is 11.8. The van der Waals surface area contributed by atoms with Gasteiger partial charge in [-0.1, -0.05) is 166 Å². The van der Waals surface area contributed by atoms with Crippen LogP contribution in [0, 0.1) is 0 Å². The fourth-order valence-electron chi connectivity index (χ4n) is 7.06. The fraction of sp³-hybridized carbons (Fsp3) is 0.0851. The van der Waals surface area contributed by atoms with Gasteiger partial charge in [0.25, 0.3) is 0 Å². The molecule has 0 saturated heterocycles. The van der Waals surface area contributed by atoms with Crippen LogP contribution in [0.15, 0.2) is 158 Å². The molecule has 0 radical (unpaired) electrons. The van der Waals surface area contributed by atoms with Crippen molar-refractivity contribution in [2.75, 3.05) is 0 Å². The Labute approximate surface area is 302 Å². The molecule has 3 nitrogen and oxygen atoms in total. The van der Waals surface area contributed by atoms with E-state index in [1.807, 2.05) is 12.1 Å². The molecule has 0 amide bonds. The zero-order valence-corrected chi connectivity index (χ0v) is 29.6. The zero-order chi connectivity index (χ0) is 34.5. The molecule has 0 saturated carbocycles. The largest absolute Gasteiger partial charge is 0.240 e. The van der Waals surface area contributed by atoms with Gasteiger partial charge in [-0.05, 0) is 50.5 Å². The second-order valence-electron chi connectivity index (χ2n) is 14.0. The lowest BCUT2D eigenvalue weighted by molar-refractivity contribution is 0.587. The Bertz CT molecular complexity index is 2670. The number of hydrogen-bond acceptors (Lipinski definition) is 4. The molecule has 0 fully saturated rings. The van der Waals surface area contributed by atoms with E-state index in [2.05, 4.69) is 166 Å². The standard InChI is InChI=1S/C47H35N3S/c1-47(2,3)46-50-44-37-24-14-12-22-34(37)39(28-42(44)51-46)36-27-26-30-16-10-11-21-33(30)43(36)35-23-13-15-25-38(35)45-48-40(31-17-6-4-7-18-31)29-41(49-45)32-19-8-5-9-20-32/h4-29H,1-3H3. The summed E-state index contributed by atoms with van der Waals surface area (Å²) in [7, 11) is 0. The van der Waals surface area contributed by atoms with E-state index >= 15 is 0 Å². The highest BCUT2D eigenvalue weighted by atomic mass is 32.1. The summed E-state index contributed by atoms with van der Waals surface area (Å²) in [4.78, 5) is 15.7. The van der Waals surface area contributed by atoms with E-state index < -0.39 is 0 Å². The average Bonchev–Trinajstić information content (AvgIpc) is 3.64. The fourth-order valence-corrected chi connectivity index (χ4v) is 8.14. The van der Waals surface area contributed by atoms with Crippen molar-refractivity contribution in [1.82, 2.24) is 15.0 Å². The third-order valence-electron chi connectivity index (χ3n) is 9.56. The Hall–Kier alpha value is -5.97. The van der Waals surface area contributed by atoms with Crippen LogP contribution in [0.2, 0.25) is 0 Å². The summed E-state index contributed by atoms with van der Waals surface area (Å²) in [6, 6.07) is 55.8. The second kappa shape index (κ2) is 12.4. The van der Waals surface area contributed by atoms with Crippen LogP contribution >= 0.6 is 11.3 Å². The molecule has 4 heteroatoms. The van der Waals surface area contributed by atoms with Gasteiger partial charge >= 0.3 is 0 Å². The Morgan fingerprint density at radius 2 is 1.02 bits per heavy atom. The molecular formula is C47H35N3S. The van der Waals surface area contributed by atoms with Crippen molar-refractivity contribution < 1.29 is 0 Å². The highest BCUT2D eigenvalue weighted by Gasteiger charge is 2.23. The first-order valence-electron chi connectivity index (χ1n) is 17.4. The van der Waals surface area contributed by atoms with E-state index in [0.717, 1.165) is 44.2 Å². The molecule has 0 unspecified atom stereocenters. The van der Waals surface area contributed by atoms with E-state index in [1.165, 1.54) is 42.9 Å². The van der Waals surface area contributed by atoms with Crippen molar-refractivity contribution in [3.05, 3.63) is 163 Å². The number of fused-ring (bicyclic) bond motifs is 4. The van der Waals surface area contributed by atoms with Gasteiger partial charge in [-0.15, -0.1) is 11.3 Å². The first-order valence-corrected chi connectivity index (χ1v) is 18.2. The van der Waals surface area contributed by atoms with E-state index in [0.29, 0.717) is 5.82 Å². The maximum Gasteiger partial charge on any atom is 0.161 e. The van der Waals surface area contributed by atoms with Gasteiger partial charge in [0.1, 0.15) is 0 Å². The quantitative estimate of drug-likeness (QED) is 0.182. The predicted octanol–water partition coefficient (Wildman–Crippen LogP) is 13.0. The molecule has 0 aliphatic carbocycles. The van der Waals surface area contributed by atoms with E-state index in [9.17, 15) is 0 Å². The number of rotatable bonds is 5. The van der Waals surface area contributed by atoms with Gasteiger partial charge in [-0.25, -0.2) is 15.0 Å². The molecule has 0 N–H and O–H groups in total. The number of benzene rings is 7. The van der Waals surface area contributed by atoms with Gasteiger partial charge in [-0.2, -0.15) is 0 Å². The molecule has 0 atom stereocenters. The van der Waals surface area contributed by atoms with Gasteiger partial charge in [0.2, 0.25) is 0 Å². The maximum absolute atomic E-state index is 5.27. The Morgan fingerprint density at radius 3 is 1.69 bits per heavy atom. The molecular weight excluding hydrogens is 639 g/mol. The third-order valence-corrected chi connectivity index (χ3v) is 11.0. The van der Waals surface area contributed by atoms with Crippen LogP contribution in [0.3, 0.4) is 0 Å². The van der Waals surface area contributed by atoms with Crippen LogP contribution in [0.4, 0.5) is 0 Å². The van der Waals surface area contributed by atoms with Gasteiger partial charge < -0.3 is 0 Å². The van der Waals surface area contributed by atoms with Crippen molar-refractivity contribution in [2.24, 2.45) is 0 Å². The van der Waals surface area contributed by atoms with Crippen LogP contribution in [0.25, 0.3) is 87.9 Å². The minimum absolute atomic E-state index is 0.0368. The smallest absolute Gasteiger partial charge is 0.161 e. The van der Waals surface area contributed by atoms with Crippen molar-refractivity contribution in [3.63, 3.8) is 0 Å². The number of aromatic nitrogens is 3. The van der Waals surface area contributed by atoms with Crippen LogP contribution in [-0.2, 0) is 5.41 Å². The third kappa shape index (κ3) is 5.58. The summed E-state index contributed by atoms with van der Waals surface area (Å²) < 4.78 is 1.20. The number of thiazole rings is 1. The van der Waals surface area contributed by atoms with Gasteiger partial charge in [-0.3, -0.25) is 0 Å². The van der Waals surface area contributed by atoms with Crippen LogP contribution in [0.5, 0.6) is 0 Å². The van der Waals surface area contributed by atoms with Gasteiger partial charge in [0, 0.05) is 27.5 Å². The summed E-state index contributed by atoms with van der Waals surface area (Å²) in [6.07, 6.45) is 0. The van der Waals surface area contributed by atoms with E-state index in [-0.39, 0.29) is 5.41 Å². The zero-order valence-electron chi connectivity index (χ0n) is 28.8. The molecule has 244 valence electrons. The lowest BCUT2D eigenvalue weighted by atomic mass is 9.86. The second-order valence-corrected chi connectivity index (χ2v) is 15.1. The summed E-state index contributed by atoms with van der Waals surface area (Å²) in [5.74, 6) is 0.697. The topological polar surface area (TPSA) is 38.7 Å². The van der Waals surface area contributed by atoms with Crippen LogP contribution < -0.4 is 0 Å². The maximum atomic E-state index is 5.27. The summed E-state index contributed by atoms with van der Waals surface area (Å²) in [5, 5.41) is 5.89. The van der Waals surface area contributed by atoms with Crippen molar-refractivity contribution in [1.29, 1.82) is 0 Å². The summed E-state index contributed by atoms with van der Waals surface area (Å²) in [6.45, 7) is 6.72. The lowest BCUT2D eigenvalue weighted by Crippen LogP contribution is -2.09. The Kier molecular flexibility index (Phi) is 7.56. The molecule has 0 bridgehead atoms. The first kappa shape index (κ1) is 31.0. The molecule has 0 spiro atoms. The SMILES string of the molecule is CC(C)(C)c1nc2c(cc(-c3ccc4ccccc4c3-c3ccccc3-c3nc(-c4ccccc4)cc(-c4ccccc4)n3)c3ccccc32)s1. The predicted molar refractivity (Wildman–Crippen MR) is 216 cm³/mol. The van der Waals surface area contributed by atoms with Crippen molar-refractivity contribution >= 4 is 43.1 Å². The summed E-state index contributed by atoms with van der Waals surface area (Å²) in [5.41, 5.74) is 10.6. The average molecular weight is 674 g/mol. The highest BCUT2D eigenvalue weighted by Crippen LogP contribution is 2.46. The van der Waals surface area contributed by atoms with E-state index in [1.54, 1.807) is 11.3 Å². The van der Waals surface area contributed by atoms with Crippen molar-refractivity contribution in [2.45, 2.75) is 26.2 Å². The summed E-state index contributed by atoms with van der Waals surface area (Å²) >= 11 is 1.80. The van der Waals surface area contributed by atoms with Gasteiger partial charge in [0.05, 0.1) is 26.6 Å². The molecule has 0 aliphatic heterocycles. The molecule has 51 heavy (non-hydrogen) atoms. The minimum Gasteiger partial charge on any atom is -0.240 e. The molecule has 9 rings (SSSR count). The molecule has 7 aromatic carbocycles. The van der Waals surface area contributed by atoms with Gasteiger partial charge in [0.15, 0.2) is 5.82 Å². The first-order chi connectivity index (χ1) is 24.9. The van der Waals surface area contributed by atoms with Crippen molar-refractivity contribution in [3.8, 4) is 56.2 Å². The van der Waals surface area contributed by atoms with Crippen LogP contribution in [-0.4, -0.2) is 15.0 Å². The molecule has 9 aromatic rings.